The van der Waals surface area contributed by atoms with Gasteiger partial charge in [0.25, 0.3) is 0 Å². The first-order valence-corrected chi connectivity index (χ1v) is 6.34. The third-order valence-corrected chi connectivity index (χ3v) is 3.48. The molecule has 2 nitrogen and oxygen atoms in total. The fraction of sp³-hybridized carbons (Fsp3) is 0. The van der Waals surface area contributed by atoms with Gasteiger partial charge in [-0.2, -0.15) is 0 Å². The highest BCUT2D eigenvalue weighted by atomic mass is 15.1. The van der Waals surface area contributed by atoms with E-state index >= 15 is 0 Å². The van der Waals surface area contributed by atoms with Gasteiger partial charge in [0.05, 0.1) is 5.69 Å². The van der Waals surface area contributed by atoms with Gasteiger partial charge in [0.1, 0.15) is 5.82 Å². The first-order valence-electron chi connectivity index (χ1n) is 6.34. The zero-order valence-corrected chi connectivity index (χ0v) is 10.3. The molecule has 2 heterocycles. The number of fused-ring (bicyclic) bond motifs is 2. The standard InChI is InChI=1S/C17H12N2/c1-2-8-15-13(5-1)10-11-18-17(15)19-12-4-7-14-6-3-9-16(14)19/h1-12H. The van der Waals surface area contributed by atoms with Crippen LogP contribution in [0.5, 0.6) is 0 Å². The maximum Gasteiger partial charge on any atom is 0.144 e. The molecule has 1 aliphatic carbocycles. The van der Waals surface area contributed by atoms with Crippen molar-refractivity contribution >= 4 is 10.8 Å². The second-order valence-electron chi connectivity index (χ2n) is 4.60. The fourth-order valence-corrected chi connectivity index (χ4v) is 2.58. The molecular weight excluding hydrogens is 232 g/mol. The SMILES string of the molecule is c1cc2cccn(-c3nccc4ccccc34)c-2c1. The average Bonchev–Trinajstić information content (AvgIpc) is 2.95. The van der Waals surface area contributed by atoms with Crippen LogP contribution in [0.3, 0.4) is 0 Å². The van der Waals surface area contributed by atoms with Gasteiger partial charge in [-0.1, -0.05) is 42.5 Å². The number of hydrogen-bond donors (Lipinski definition) is 0. The van der Waals surface area contributed by atoms with E-state index in [1.165, 1.54) is 22.0 Å². The van der Waals surface area contributed by atoms with Crippen LogP contribution in [0.15, 0.2) is 73.1 Å². The van der Waals surface area contributed by atoms with Crippen LogP contribution < -0.4 is 0 Å². The van der Waals surface area contributed by atoms with Gasteiger partial charge in [0.2, 0.25) is 0 Å². The quantitative estimate of drug-likeness (QED) is 0.492. The van der Waals surface area contributed by atoms with Gasteiger partial charge in [-0.15, -0.1) is 0 Å². The molecule has 2 aliphatic rings. The van der Waals surface area contributed by atoms with Gasteiger partial charge in [0, 0.05) is 17.8 Å². The highest BCUT2D eigenvalue weighted by molar-refractivity contribution is 5.89. The van der Waals surface area contributed by atoms with Crippen molar-refractivity contribution in [3.8, 4) is 17.1 Å². The largest absolute Gasteiger partial charge is 0.301 e. The predicted molar refractivity (Wildman–Crippen MR) is 77.7 cm³/mol. The van der Waals surface area contributed by atoms with Crippen molar-refractivity contribution in [3.63, 3.8) is 0 Å². The number of aromatic nitrogens is 2. The van der Waals surface area contributed by atoms with Gasteiger partial charge in [-0.05, 0) is 29.1 Å². The maximum atomic E-state index is 4.57. The van der Waals surface area contributed by atoms with Crippen molar-refractivity contribution in [1.29, 1.82) is 0 Å². The minimum atomic E-state index is 0.981. The Hall–Kier alpha value is -2.61. The molecule has 0 radical (unpaired) electrons. The molecule has 0 amide bonds. The smallest absolute Gasteiger partial charge is 0.144 e. The van der Waals surface area contributed by atoms with Gasteiger partial charge < -0.3 is 4.57 Å². The lowest BCUT2D eigenvalue weighted by Gasteiger charge is -2.13. The first kappa shape index (κ1) is 10.3. The van der Waals surface area contributed by atoms with Crippen LogP contribution in [-0.2, 0) is 0 Å². The summed E-state index contributed by atoms with van der Waals surface area (Å²) in [4.78, 5) is 4.57. The Bertz CT molecular complexity index is 824. The van der Waals surface area contributed by atoms with Gasteiger partial charge in [0.15, 0.2) is 0 Å². The van der Waals surface area contributed by atoms with Gasteiger partial charge >= 0.3 is 0 Å². The molecule has 1 aromatic heterocycles. The Morgan fingerprint density at radius 3 is 2.68 bits per heavy atom. The van der Waals surface area contributed by atoms with Crippen LogP contribution in [0.25, 0.3) is 27.8 Å². The summed E-state index contributed by atoms with van der Waals surface area (Å²) in [5.41, 5.74) is 2.42. The third kappa shape index (κ3) is 1.54. The molecule has 0 bridgehead atoms. The second kappa shape index (κ2) is 3.95. The molecule has 90 valence electrons. The van der Waals surface area contributed by atoms with Crippen molar-refractivity contribution in [2.24, 2.45) is 0 Å². The minimum absolute atomic E-state index is 0.981. The monoisotopic (exact) mass is 244 g/mol. The van der Waals surface area contributed by atoms with Crippen LogP contribution in [0.2, 0.25) is 0 Å². The Morgan fingerprint density at radius 2 is 1.68 bits per heavy atom. The highest BCUT2D eigenvalue weighted by Gasteiger charge is 2.10. The number of rotatable bonds is 1. The normalized spacial score (nSPS) is 11.2. The summed E-state index contributed by atoms with van der Waals surface area (Å²) in [7, 11) is 0. The Kier molecular flexibility index (Phi) is 2.15. The molecule has 0 saturated carbocycles. The van der Waals surface area contributed by atoms with Crippen molar-refractivity contribution in [2.75, 3.05) is 0 Å². The minimum Gasteiger partial charge on any atom is -0.301 e. The van der Waals surface area contributed by atoms with E-state index in [9.17, 15) is 0 Å². The van der Waals surface area contributed by atoms with E-state index in [2.05, 4.69) is 70.3 Å². The molecule has 0 atom stereocenters. The van der Waals surface area contributed by atoms with E-state index in [4.69, 9.17) is 0 Å². The molecule has 0 fully saturated rings. The zero-order chi connectivity index (χ0) is 12.7. The Labute approximate surface area is 111 Å². The van der Waals surface area contributed by atoms with Crippen molar-refractivity contribution in [3.05, 3.63) is 73.1 Å². The molecule has 0 spiro atoms. The molecule has 2 heteroatoms. The lowest BCUT2D eigenvalue weighted by atomic mass is 10.1. The van der Waals surface area contributed by atoms with Crippen molar-refractivity contribution in [2.45, 2.75) is 0 Å². The molecule has 0 unspecified atom stereocenters. The number of pyridine rings is 2. The Morgan fingerprint density at radius 1 is 0.789 bits per heavy atom. The predicted octanol–water partition coefficient (Wildman–Crippen LogP) is 4.13. The van der Waals surface area contributed by atoms with Crippen molar-refractivity contribution in [1.82, 2.24) is 9.55 Å². The summed E-state index contributed by atoms with van der Waals surface area (Å²) in [6, 6.07) is 20.9. The van der Waals surface area contributed by atoms with Crippen LogP contribution in [0, 0.1) is 0 Å². The van der Waals surface area contributed by atoms with Crippen LogP contribution in [0.4, 0.5) is 0 Å². The summed E-state index contributed by atoms with van der Waals surface area (Å²) in [6.07, 6.45) is 3.93. The van der Waals surface area contributed by atoms with Crippen molar-refractivity contribution < 1.29 is 0 Å². The van der Waals surface area contributed by atoms with E-state index < -0.39 is 0 Å². The Balaban J connectivity index is 2.08. The van der Waals surface area contributed by atoms with Crippen LogP contribution in [-0.4, -0.2) is 9.55 Å². The number of nitrogens with zero attached hydrogens (tertiary/aromatic N) is 2. The molecular formula is C17H12N2. The second-order valence-corrected chi connectivity index (χ2v) is 4.60. The number of hydrogen-bond acceptors (Lipinski definition) is 1. The fourth-order valence-electron chi connectivity index (χ4n) is 2.58. The van der Waals surface area contributed by atoms with Crippen LogP contribution in [0.1, 0.15) is 0 Å². The molecule has 0 saturated heterocycles. The van der Waals surface area contributed by atoms with Crippen LogP contribution >= 0.6 is 0 Å². The van der Waals surface area contributed by atoms with E-state index in [1.54, 1.807) is 0 Å². The number of benzene rings is 1. The highest BCUT2D eigenvalue weighted by Crippen LogP contribution is 2.28. The third-order valence-electron chi connectivity index (χ3n) is 3.48. The molecule has 2 aromatic rings. The van der Waals surface area contributed by atoms with E-state index in [0.717, 1.165) is 5.82 Å². The van der Waals surface area contributed by atoms with E-state index in [0.29, 0.717) is 0 Å². The molecule has 1 aromatic carbocycles. The van der Waals surface area contributed by atoms with Gasteiger partial charge in [-0.25, -0.2) is 4.98 Å². The summed E-state index contributed by atoms with van der Waals surface area (Å²) < 4.78 is 2.15. The van der Waals surface area contributed by atoms with E-state index in [-0.39, 0.29) is 0 Å². The van der Waals surface area contributed by atoms with Gasteiger partial charge in [-0.3, -0.25) is 0 Å². The lowest BCUT2D eigenvalue weighted by molar-refractivity contribution is 1.01. The molecule has 19 heavy (non-hydrogen) atoms. The van der Waals surface area contributed by atoms with E-state index in [1.807, 2.05) is 12.3 Å². The summed E-state index contributed by atoms with van der Waals surface area (Å²) in [5, 5.41) is 2.38. The first-order chi connectivity index (χ1) is 9.43. The molecule has 4 rings (SSSR count). The summed E-state index contributed by atoms with van der Waals surface area (Å²) in [6.45, 7) is 0. The summed E-state index contributed by atoms with van der Waals surface area (Å²) in [5.74, 6) is 0.981. The summed E-state index contributed by atoms with van der Waals surface area (Å²) >= 11 is 0. The average molecular weight is 244 g/mol. The topological polar surface area (TPSA) is 17.8 Å². The zero-order valence-electron chi connectivity index (χ0n) is 10.3. The lowest BCUT2D eigenvalue weighted by Crippen LogP contribution is -2.01. The maximum absolute atomic E-state index is 4.57. The molecule has 1 aliphatic heterocycles. The molecule has 0 N–H and O–H groups in total.